The molecule has 0 aromatic carbocycles. The standard InChI is InChI=1S/C10H15NO/c11-9-5-7-3-1-2-4-8(7)6-10(9)12/h1-4,7-10,12H,5-6,11H2/t7?,8?,9-,10+/m0/s1. The minimum Gasteiger partial charge on any atom is -0.391 e. The Hall–Kier alpha value is -0.600. The van der Waals surface area contributed by atoms with Crippen molar-refractivity contribution in [3.05, 3.63) is 24.3 Å². The summed E-state index contributed by atoms with van der Waals surface area (Å²) in [6.45, 7) is 0. The topological polar surface area (TPSA) is 46.2 Å². The SMILES string of the molecule is N[C@H]1CC2C=CC=CC2C[C@H]1O. The molecule has 0 spiro atoms. The van der Waals surface area contributed by atoms with E-state index in [-0.39, 0.29) is 12.1 Å². The number of hydrogen-bond donors (Lipinski definition) is 2. The normalized spacial score (nSPS) is 45.8. The Bertz CT molecular complexity index is 198. The monoisotopic (exact) mass is 165 g/mol. The fourth-order valence-electron chi connectivity index (χ4n) is 2.13. The maximum Gasteiger partial charge on any atom is 0.0697 e. The second-order valence-electron chi connectivity index (χ2n) is 3.80. The van der Waals surface area contributed by atoms with Crippen molar-refractivity contribution < 1.29 is 5.11 Å². The maximum absolute atomic E-state index is 9.53. The van der Waals surface area contributed by atoms with E-state index in [0.29, 0.717) is 11.8 Å². The van der Waals surface area contributed by atoms with Crippen LogP contribution in [0.4, 0.5) is 0 Å². The molecule has 2 aliphatic rings. The van der Waals surface area contributed by atoms with Crippen LogP contribution in [0.2, 0.25) is 0 Å². The van der Waals surface area contributed by atoms with Gasteiger partial charge in [0.05, 0.1) is 6.10 Å². The van der Waals surface area contributed by atoms with E-state index in [1.807, 2.05) is 0 Å². The zero-order valence-corrected chi connectivity index (χ0v) is 7.06. The highest BCUT2D eigenvalue weighted by Gasteiger charge is 2.32. The van der Waals surface area contributed by atoms with Crippen molar-refractivity contribution >= 4 is 0 Å². The Balaban J connectivity index is 2.09. The molecule has 2 heteroatoms. The number of nitrogens with two attached hydrogens (primary N) is 1. The molecule has 0 heterocycles. The van der Waals surface area contributed by atoms with Gasteiger partial charge in [-0.3, -0.25) is 0 Å². The van der Waals surface area contributed by atoms with Crippen LogP contribution >= 0.6 is 0 Å². The van der Waals surface area contributed by atoms with E-state index >= 15 is 0 Å². The third kappa shape index (κ3) is 1.32. The van der Waals surface area contributed by atoms with E-state index < -0.39 is 0 Å². The van der Waals surface area contributed by atoms with Crippen LogP contribution in [0.1, 0.15) is 12.8 Å². The van der Waals surface area contributed by atoms with E-state index in [2.05, 4.69) is 24.3 Å². The Labute approximate surface area is 72.8 Å². The molecule has 1 saturated carbocycles. The number of aliphatic hydroxyl groups excluding tert-OH is 1. The van der Waals surface area contributed by atoms with Gasteiger partial charge in [-0.2, -0.15) is 0 Å². The Morgan fingerprint density at radius 2 is 1.67 bits per heavy atom. The fourth-order valence-corrected chi connectivity index (χ4v) is 2.13. The first-order valence-corrected chi connectivity index (χ1v) is 4.56. The largest absolute Gasteiger partial charge is 0.391 e. The molecule has 12 heavy (non-hydrogen) atoms. The molecule has 2 nitrogen and oxygen atoms in total. The van der Waals surface area contributed by atoms with Gasteiger partial charge in [0, 0.05) is 6.04 Å². The van der Waals surface area contributed by atoms with Crippen LogP contribution in [-0.4, -0.2) is 17.3 Å². The van der Waals surface area contributed by atoms with Gasteiger partial charge < -0.3 is 10.8 Å². The smallest absolute Gasteiger partial charge is 0.0697 e. The van der Waals surface area contributed by atoms with Crippen molar-refractivity contribution in [2.45, 2.75) is 25.0 Å². The lowest BCUT2D eigenvalue weighted by atomic mass is 9.74. The predicted octanol–water partition coefficient (Wildman–Crippen LogP) is 0.827. The van der Waals surface area contributed by atoms with Crippen molar-refractivity contribution in [1.82, 2.24) is 0 Å². The van der Waals surface area contributed by atoms with E-state index in [9.17, 15) is 5.11 Å². The number of rotatable bonds is 0. The van der Waals surface area contributed by atoms with Gasteiger partial charge in [-0.25, -0.2) is 0 Å². The molecule has 2 rings (SSSR count). The quantitative estimate of drug-likeness (QED) is 0.558. The van der Waals surface area contributed by atoms with Crippen molar-refractivity contribution in [2.24, 2.45) is 17.6 Å². The molecule has 0 aliphatic heterocycles. The molecule has 3 N–H and O–H groups in total. The predicted molar refractivity (Wildman–Crippen MR) is 48.5 cm³/mol. The second kappa shape index (κ2) is 3.04. The second-order valence-corrected chi connectivity index (χ2v) is 3.80. The first-order valence-electron chi connectivity index (χ1n) is 4.56. The number of hydrogen-bond acceptors (Lipinski definition) is 2. The first-order chi connectivity index (χ1) is 5.77. The molecule has 2 unspecified atom stereocenters. The van der Waals surface area contributed by atoms with Crippen LogP contribution in [0.15, 0.2) is 24.3 Å². The number of fused-ring (bicyclic) bond motifs is 1. The third-order valence-electron chi connectivity index (χ3n) is 2.93. The van der Waals surface area contributed by atoms with E-state index in [1.165, 1.54) is 0 Å². The van der Waals surface area contributed by atoms with E-state index in [0.717, 1.165) is 12.8 Å². The molecule has 0 saturated heterocycles. The Kier molecular flexibility index (Phi) is 2.03. The highest BCUT2D eigenvalue weighted by Crippen LogP contribution is 2.33. The minimum absolute atomic E-state index is 0.0256. The lowest BCUT2D eigenvalue weighted by Crippen LogP contribution is -2.43. The molecule has 0 aromatic rings. The summed E-state index contributed by atoms with van der Waals surface area (Å²) in [5.41, 5.74) is 5.78. The molecule has 1 fully saturated rings. The summed E-state index contributed by atoms with van der Waals surface area (Å²) in [4.78, 5) is 0. The summed E-state index contributed by atoms with van der Waals surface area (Å²) in [5.74, 6) is 1.08. The number of aliphatic hydroxyl groups is 1. The average molecular weight is 165 g/mol. The third-order valence-corrected chi connectivity index (χ3v) is 2.93. The molecule has 0 amide bonds. The number of allylic oxidation sites excluding steroid dienone is 4. The van der Waals surface area contributed by atoms with Gasteiger partial charge in [-0.1, -0.05) is 24.3 Å². The average Bonchev–Trinajstić information content (AvgIpc) is 2.07. The van der Waals surface area contributed by atoms with Crippen LogP contribution < -0.4 is 5.73 Å². The van der Waals surface area contributed by atoms with Crippen LogP contribution in [0.25, 0.3) is 0 Å². The summed E-state index contributed by atoms with van der Waals surface area (Å²) in [7, 11) is 0. The van der Waals surface area contributed by atoms with E-state index in [1.54, 1.807) is 0 Å². The molecule has 0 radical (unpaired) electrons. The Morgan fingerprint density at radius 3 is 2.33 bits per heavy atom. The minimum atomic E-state index is -0.303. The zero-order valence-electron chi connectivity index (χ0n) is 7.06. The Morgan fingerprint density at radius 1 is 1.08 bits per heavy atom. The summed E-state index contributed by atoms with van der Waals surface area (Å²) >= 11 is 0. The van der Waals surface area contributed by atoms with Gasteiger partial charge in [0.15, 0.2) is 0 Å². The maximum atomic E-state index is 9.53. The fraction of sp³-hybridized carbons (Fsp3) is 0.600. The summed E-state index contributed by atoms with van der Waals surface area (Å²) in [6, 6.07) is -0.0256. The molecule has 2 aliphatic carbocycles. The van der Waals surface area contributed by atoms with Gasteiger partial charge in [0.2, 0.25) is 0 Å². The first kappa shape index (κ1) is 8.02. The molecule has 4 atom stereocenters. The van der Waals surface area contributed by atoms with Crippen LogP contribution in [-0.2, 0) is 0 Å². The lowest BCUT2D eigenvalue weighted by Gasteiger charge is -2.36. The van der Waals surface area contributed by atoms with Crippen molar-refractivity contribution in [1.29, 1.82) is 0 Å². The van der Waals surface area contributed by atoms with Crippen LogP contribution in [0, 0.1) is 11.8 Å². The van der Waals surface area contributed by atoms with Gasteiger partial charge in [0.1, 0.15) is 0 Å². The van der Waals surface area contributed by atoms with Gasteiger partial charge in [0.25, 0.3) is 0 Å². The van der Waals surface area contributed by atoms with E-state index in [4.69, 9.17) is 5.73 Å². The summed E-state index contributed by atoms with van der Waals surface area (Å²) in [6.07, 6.45) is 9.97. The molecule has 66 valence electrons. The molecular formula is C10H15NO. The summed E-state index contributed by atoms with van der Waals surface area (Å²) < 4.78 is 0. The van der Waals surface area contributed by atoms with Crippen LogP contribution in [0.5, 0.6) is 0 Å². The summed E-state index contributed by atoms with van der Waals surface area (Å²) in [5, 5.41) is 9.53. The molecular weight excluding hydrogens is 150 g/mol. The van der Waals surface area contributed by atoms with Gasteiger partial charge in [-0.05, 0) is 24.7 Å². The van der Waals surface area contributed by atoms with Crippen molar-refractivity contribution in [2.75, 3.05) is 0 Å². The van der Waals surface area contributed by atoms with Crippen molar-refractivity contribution in [3.63, 3.8) is 0 Å². The lowest BCUT2D eigenvalue weighted by molar-refractivity contribution is 0.0751. The molecule has 0 aromatic heterocycles. The van der Waals surface area contributed by atoms with Crippen LogP contribution in [0.3, 0.4) is 0 Å². The molecule has 0 bridgehead atoms. The highest BCUT2D eigenvalue weighted by atomic mass is 16.3. The zero-order chi connectivity index (χ0) is 8.55. The van der Waals surface area contributed by atoms with Crippen molar-refractivity contribution in [3.8, 4) is 0 Å². The highest BCUT2D eigenvalue weighted by molar-refractivity contribution is 5.16. The van der Waals surface area contributed by atoms with Gasteiger partial charge >= 0.3 is 0 Å². The van der Waals surface area contributed by atoms with Gasteiger partial charge in [-0.15, -0.1) is 0 Å².